The second kappa shape index (κ2) is 16.8. The van der Waals surface area contributed by atoms with Gasteiger partial charge in [0, 0.05) is 30.4 Å². The Morgan fingerprint density at radius 2 is 1.71 bits per heavy atom. The van der Waals surface area contributed by atoms with Gasteiger partial charge in [0.05, 0.1) is 44.1 Å². The molecule has 2 N–H and O–H groups in total. The summed E-state index contributed by atoms with van der Waals surface area (Å²) in [5.41, 5.74) is 4.95. The minimum absolute atomic E-state index is 0.0338. The molecule has 0 spiro atoms. The number of halogens is 1. The van der Waals surface area contributed by atoms with E-state index in [-0.39, 0.29) is 43.7 Å². The summed E-state index contributed by atoms with van der Waals surface area (Å²) in [5, 5.41) is 30.3. The van der Waals surface area contributed by atoms with Crippen LogP contribution in [0.2, 0.25) is 0 Å². The van der Waals surface area contributed by atoms with Crippen LogP contribution in [0.3, 0.4) is 0 Å². The zero-order chi connectivity index (χ0) is 30.5. The molecule has 1 aromatic heterocycles. The number of hydrogen-bond acceptors (Lipinski definition) is 9. The number of carbonyl (C=O) groups is 1. The van der Waals surface area contributed by atoms with Crippen molar-refractivity contribution in [3.63, 3.8) is 0 Å². The van der Waals surface area contributed by atoms with Crippen molar-refractivity contribution in [1.29, 1.82) is 0 Å². The van der Waals surface area contributed by atoms with Gasteiger partial charge in [-0.05, 0) is 47.9 Å². The Morgan fingerprint density at radius 1 is 1.07 bits per heavy atom. The molecule has 11 heteroatoms. The van der Waals surface area contributed by atoms with Gasteiger partial charge in [0.25, 0.3) is 5.09 Å². The molecule has 226 valence electrons. The summed E-state index contributed by atoms with van der Waals surface area (Å²) in [4.78, 5) is 31.3. The van der Waals surface area contributed by atoms with Crippen LogP contribution in [-0.4, -0.2) is 58.8 Å². The van der Waals surface area contributed by atoms with E-state index in [4.69, 9.17) is 14.5 Å². The Bertz CT molecular complexity index is 1170. The first kappa shape index (κ1) is 33.8. The van der Waals surface area contributed by atoms with Crippen molar-refractivity contribution >= 4 is 12.0 Å². The highest BCUT2D eigenvalue weighted by Gasteiger charge is 2.23. The molecule has 10 nitrogen and oxygen atoms in total. The number of methoxy groups -OCH3 is 1. The standard InChI is InChI=1S/C30H41FN2O8/c1-19(2)29-25(13-12-23(34)16-24(35)17-27(36)40-14-6-7-15-41-33(37)38)28(21-8-10-22(31)11-9-21)26(18-39-5)30(32-29)20(3)4/h8-13,19-20,23-24,34-35H,6-7,14-18H2,1-5H3/b13-12+/t23-,24-/m1/s1. The molecule has 1 aromatic carbocycles. The summed E-state index contributed by atoms with van der Waals surface area (Å²) in [6.45, 7) is 8.40. The van der Waals surface area contributed by atoms with Gasteiger partial charge in [-0.25, -0.2) is 4.39 Å². The number of hydrogen-bond donors (Lipinski definition) is 2. The van der Waals surface area contributed by atoms with Crippen LogP contribution >= 0.6 is 0 Å². The van der Waals surface area contributed by atoms with Gasteiger partial charge in [-0.15, -0.1) is 10.1 Å². The van der Waals surface area contributed by atoms with Gasteiger partial charge in [0.2, 0.25) is 0 Å². The number of benzene rings is 1. The normalized spacial score (nSPS) is 13.1. The van der Waals surface area contributed by atoms with E-state index in [1.165, 1.54) is 12.1 Å². The third-order valence-electron chi connectivity index (χ3n) is 6.31. The van der Waals surface area contributed by atoms with Crippen LogP contribution in [0.15, 0.2) is 30.3 Å². The van der Waals surface area contributed by atoms with E-state index in [0.717, 1.165) is 33.6 Å². The number of carbonyl (C=O) groups excluding carboxylic acids is 1. The van der Waals surface area contributed by atoms with E-state index in [2.05, 4.69) is 18.7 Å². The highest BCUT2D eigenvalue weighted by atomic mass is 19.1. The summed E-state index contributed by atoms with van der Waals surface area (Å²) in [5.74, 6) is -0.855. The summed E-state index contributed by atoms with van der Waals surface area (Å²) >= 11 is 0. The quantitative estimate of drug-likeness (QED) is 0.111. The Hall–Kier alpha value is -3.41. The van der Waals surface area contributed by atoms with E-state index in [1.807, 2.05) is 13.8 Å². The SMILES string of the molecule is COCc1c(C(C)C)nc(C(C)C)c(/C=C/[C@@H](O)C[C@@H](O)CC(=O)OCCCCO[N+](=O)[O-])c1-c1ccc(F)cc1. The second-order valence-electron chi connectivity index (χ2n) is 10.4. The Labute approximate surface area is 240 Å². The summed E-state index contributed by atoms with van der Waals surface area (Å²) in [6.07, 6.45) is 1.39. The zero-order valence-corrected chi connectivity index (χ0v) is 24.3. The minimum atomic E-state index is -1.15. The molecule has 0 saturated carbocycles. The number of ether oxygens (including phenoxy) is 2. The number of aromatic nitrogens is 1. The van der Waals surface area contributed by atoms with Crippen molar-refractivity contribution in [2.24, 2.45) is 0 Å². The molecule has 0 bridgehead atoms. The second-order valence-corrected chi connectivity index (χ2v) is 10.4. The fraction of sp³-hybridized carbons (Fsp3) is 0.533. The van der Waals surface area contributed by atoms with Gasteiger partial charge in [-0.1, -0.05) is 52.0 Å². The predicted molar refractivity (Wildman–Crippen MR) is 152 cm³/mol. The molecule has 41 heavy (non-hydrogen) atoms. The fourth-order valence-electron chi connectivity index (χ4n) is 4.43. The Balaban J connectivity index is 2.24. The molecule has 2 rings (SSSR count). The molecule has 2 atom stereocenters. The molecular weight excluding hydrogens is 535 g/mol. The van der Waals surface area contributed by atoms with Crippen LogP contribution in [0.1, 0.15) is 87.7 Å². The van der Waals surface area contributed by atoms with E-state index in [0.29, 0.717) is 19.4 Å². The van der Waals surface area contributed by atoms with Gasteiger partial charge in [0.15, 0.2) is 0 Å². The topological polar surface area (TPSA) is 141 Å². The number of nitrogens with zero attached hydrogens (tertiary/aromatic N) is 2. The lowest BCUT2D eigenvalue weighted by atomic mass is 9.87. The maximum atomic E-state index is 13.8. The molecule has 0 fully saturated rings. The fourth-order valence-corrected chi connectivity index (χ4v) is 4.43. The van der Waals surface area contributed by atoms with Crippen molar-refractivity contribution in [3.05, 3.63) is 68.8 Å². The Kier molecular flexibility index (Phi) is 13.8. The molecule has 2 aromatic rings. The maximum Gasteiger partial charge on any atom is 0.308 e. The van der Waals surface area contributed by atoms with Crippen LogP contribution in [-0.2, 0) is 25.7 Å². The third-order valence-corrected chi connectivity index (χ3v) is 6.31. The van der Waals surface area contributed by atoms with Crippen molar-refractivity contribution in [3.8, 4) is 11.1 Å². The minimum Gasteiger partial charge on any atom is -0.466 e. The first-order chi connectivity index (χ1) is 19.4. The highest BCUT2D eigenvalue weighted by molar-refractivity contribution is 5.80. The van der Waals surface area contributed by atoms with Crippen molar-refractivity contribution in [1.82, 2.24) is 4.98 Å². The van der Waals surface area contributed by atoms with Crippen LogP contribution in [0.4, 0.5) is 4.39 Å². The lowest BCUT2D eigenvalue weighted by Gasteiger charge is -2.23. The molecule has 0 aliphatic heterocycles. The smallest absolute Gasteiger partial charge is 0.308 e. The van der Waals surface area contributed by atoms with Gasteiger partial charge in [0.1, 0.15) is 5.82 Å². The first-order valence-electron chi connectivity index (χ1n) is 13.7. The average Bonchev–Trinajstić information content (AvgIpc) is 2.89. The molecule has 0 saturated heterocycles. The van der Waals surface area contributed by atoms with Gasteiger partial charge < -0.3 is 24.5 Å². The van der Waals surface area contributed by atoms with Crippen LogP contribution < -0.4 is 0 Å². The van der Waals surface area contributed by atoms with Gasteiger partial charge in [-0.3, -0.25) is 9.78 Å². The number of pyridine rings is 1. The molecule has 0 unspecified atom stereocenters. The van der Waals surface area contributed by atoms with E-state index in [1.54, 1.807) is 31.4 Å². The third kappa shape index (κ3) is 10.8. The van der Waals surface area contributed by atoms with Gasteiger partial charge >= 0.3 is 5.97 Å². The summed E-state index contributed by atoms with van der Waals surface area (Å²) in [6, 6.07) is 6.20. The monoisotopic (exact) mass is 576 g/mol. The average molecular weight is 577 g/mol. The number of rotatable bonds is 17. The molecule has 0 aliphatic rings. The number of aliphatic hydroxyl groups is 2. The molecule has 0 amide bonds. The summed E-state index contributed by atoms with van der Waals surface area (Å²) in [7, 11) is 1.60. The maximum absolute atomic E-state index is 13.8. The molecule has 0 aliphatic carbocycles. The molecular formula is C30H41FN2O8. The number of unbranched alkanes of at least 4 members (excludes halogenated alkanes) is 1. The highest BCUT2D eigenvalue weighted by Crippen LogP contribution is 2.38. The number of esters is 1. The van der Waals surface area contributed by atoms with E-state index >= 15 is 0 Å². The van der Waals surface area contributed by atoms with Crippen molar-refractivity contribution in [2.45, 2.75) is 84.0 Å². The van der Waals surface area contributed by atoms with Crippen molar-refractivity contribution in [2.75, 3.05) is 20.3 Å². The lowest BCUT2D eigenvalue weighted by molar-refractivity contribution is -0.757. The van der Waals surface area contributed by atoms with E-state index in [9.17, 15) is 29.5 Å². The predicted octanol–water partition coefficient (Wildman–Crippen LogP) is 5.33. The van der Waals surface area contributed by atoms with Crippen molar-refractivity contribution < 1.29 is 38.8 Å². The van der Waals surface area contributed by atoms with Crippen LogP contribution in [0, 0.1) is 15.9 Å². The molecule has 0 radical (unpaired) electrons. The summed E-state index contributed by atoms with van der Waals surface area (Å²) < 4.78 is 24.4. The number of aliphatic hydroxyl groups excluding tert-OH is 2. The largest absolute Gasteiger partial charge is 0.466 e. The molecule has 1 heterocycles. The van der Waals surface area contributed by atoms with Crippen LogP contribution in [0.25, 0.3) is 17.2 Å². The van der Waals surface area contributed by atoms with Crippen LogP contribution in [0.5, 0.6) is 0 Å². The first-order valence-corrected chi connectivity index (χ1v) is 13.7. The zero-order valence-electron chi connectivity index (χ0n) is 24.3. The Morgan fingerprint density at radius 3 is 2.29 bits per heavy atom. The lowest BCUT2D eigenvalue weighted by Crippen LogP contribution is -2.21. The van der Waals surface area contributed by atoms with Gasteiger partial charge in [-0.2, -0.15) is 0 Å². The van der Waals surface area contributed by atoms with E-state index < -0.39 is 23.3 Å².